The third-order valence-electron chi connectivity index (χ3n) is 3.15. The van der Waals surface area contributed by atoms with Gasteiger partial charge in [-0.05, 0) is 36.3 Å². The number of phenols is 1. The highest BCUT2D eigenvalue weighted by molar-refractivity contribution is 6.32. The zero-order valence-corrected chi connectivity index (χ0v) is 11.4. The molecule has 3 rings (SSSR count). The van der Waals surface area contributed by atoms with Crippen molar-refractivity contribution in [2.24, 2.45) is 0 Å². The molecule has 2 aromatic carbocycles. The normalized spacial score (nSPS) is 15.3. The first-order valence-electron chi connectivity index (χ1n) is 6.08. The topological polar surface area (TPSA) is 46.5 Å². The molecule has 1 N–H and O–H groups in total. The summed E-state index contributed by atoms with van der Waals surface area (Å²) in [6.07, 6.45) is 1.61. The molecule has 3 nitrogen and oxygen atoms in total. The standard InChI is InChI=1S/C16H11ClO3/c1-9-6-11(18)8-13-15(9)16(19)14(20-13)7-10-4-2-3-5-12(10)17/h2-8,18H,1H3. The number of carbonyl (C=O) groups excluding carboxylic acids is 1. The number of hydrogen-bond donors (Lipinski definition) is 1. The van der Waals surface area contributed by atoms with Gasteiger partial charge in [-0.3, -0.25) is 4.79 Å². The quantitative estimate of drug-likeness (QED) is 0.807. The third-order valence-corrected chi connectivity index (χ3v) is 3.49. The largest absolute Gasteiger partial charge is 0.508 e. The van der Waals surface area contributed by atoms with E-state index in [-0.39, 0.29) is 17.3 Å². The van der Waals surface area contributed by atoms with Crippen molar-refractivity contribution in [2.75, 3.05) is 0 Å². The van der Waals surface area contributed by atoms with E-state index in [0.29, 0.717) is 27.5 Å². The minimum Gasteiger partial charge on any atom is -0.508 e. The second-order valence-electron chi connectivity index (χ2n) is 4.60. The van der Waals surface area contributed by atoms with Crippen LogP contribution in [0.25, 0.3) is 6.08 Å². The minimum atomic E-state index is -0.197. The summed E-state index contributed by atoms with van der Waals surface area (Å²) in [4.78, 5) is 12.3. The number of ether oxygens (including phenoxy) is 1. The predicted octanol–water partition coefficient (Wildman–Crippen LogP) is 3.97. The Labute approximate surface area is 121 Å². The molecule has 0 fully saturated rings. The van der Waals surface area contributed by atoms with E-state index in [2.05, 4.69) is 0 Å². The van der Waals surface area contributed by atoms with Gasteiger partial charge in [0.2, 0.25) is 5.78 Å². The number of allylic oxidation sites excluding steroid dienone is 1. The smallest absolute Gasteiger partial charge is 0.232 e. The van der Waals surface area contributed by atoms with Gasteiger partial charge in [-0.2, -0.15) is 0 Å². The Hall–Kier alpha value is -2.26. The summed E-state index contributed by atoms with van der Waals surface area (Å²) in [7, 11) is 0. The second-order valence-corrected chi connectivity index (χ2v) is 5.00. The number of aryl methyl sites for hydroxylation is 1. The first kappa shape index (κ1) is 12.8. The number of phenolic OH excluding ortho intramolecular Hbond substituents is 1. The van der Waals surface area contributed by atoms with Gasteiger partial charge < -0.3 is 9.84 Å². The molecule has 0 aromatic heterocycles. The van der Waals surface area contributed by atoms with Crippen LogP contribution in [0.4, 0.5) is 0 Å². The van der Waals surface area contributed by atoms with E-state index in [1.807, 2.05) is 12.1 Å². The molecule has 0 unspecified atom stereocenters. The fourth-order valence-electron chi connectivity index (χ4n) is 2.22. The molecule has 4 heteroatoms. The van der Waals surface area contributed by atoms with Crippen LogP contribution >= 0.6 is 11.6 Å². The lowest BCUT2D eigenvalue weighted by molar-refractivity contribution is 0.101. The van der Waals surface area contributed by atoms with Crippen molar-refractivity contribution in [3.63, 3.8) is 0 Å². The number of halogens is 1. The Kier molecular flexibility index (Phi) is 2.99. The average Bonchev–Trinajstić information content (AvgIpc) is 2.69. The first-order chi connectivity index (χ1) is 9.56. The van der Waals surface area contributed by atoms with Crippen LogP contribution in [0.1, 0.15) is 21.5 Å². The molecule has 0 bridgehead atoms. The molecule has 1 aliphatic heterocycles. The monoisotopic (exact) mass is 286 g/mol. The first-order valence-corrected chi connectivity index (χ1v) is 6.46. The lowest BCUT2D eigenvalue weighted by atomic mass is 10.0. The van der Waals surface area contributed by atoms with E-state index in [0.717, 1.165) is 0 Å². The van der Waals surface area contributed by atoms with Crippen LogP contribution in [0, 0.1) is 6.92 Å². The summed E-state index contributed by atoms with van der Waals surface area (Å²) in [6.45, 7) is 1.76. The van der Waals surface area contributed by atoms with Crippen molar-refractivity contribution < 1.29 is 14.6 Å². The summed E-state index contributed by atoms with van der Waals surface area (Å²) >= 11 is 6.07. The van der Waals surface area contributed by atoms with E-state index in [1.165, 1.54) is 6.07 Å². The molecule has 20 heavy (non-hydrogen) atoms. The molecule has 1 aliphatic rings. The Balaban J connectivity index is 2.07. The Bertz CT molecular complexity index is 747. The number of fused-ring (bicyclic) bond motifs is 1. The summed E-state index contributed by atoms with van der Waals surface area (Å²) in [5, 5.41) is 10.1. The van der Waals surface area contributed by atoms with Crippen LogP contribution < -0.4 is 4.74 Å². The lowest BCUT2D eigenvalue weighted by Crippen LogP contribution is -1.99. The molecule has 0 spiro atoms. The summed E-state index contributed by atoms with van der Waals surface area (Å²) < 4.78 is 5.53. The zero-order chi connectivity index (χ0) is 14.3. The second kappa shape index (κ2) is 4.69. The Morgan fingerprint density at radius 1 is 1.25 bits per heavy atom. The van der Waals surface area contributed by atoms with Gasteiger partial charge in [0.25, 0.3) is 0 Å². The van der Waals surface area contributed by atoms with E-state index >= 15 is 0 Å². The van der Waals surface area contributed by atoms with Gasteiger partial charge in [0.15, 0.2) is 5.76 Å². The van der Waals surface area contributed by atoms with Crippen LogP contribution in [0.2, 0.25) is 5.02 Å². The highest BCUT2D eigenvalue weighted by atomic mass is 35.5. The van der Waals surface area contributed by atoms with E-state index in [9.17, 15) is 9.90 Å². The lowest BCUT2D eigenvalue weighted by Gasteiger charge is -2.01. The number of hydrogen-bond acceptors (Lipinski definition) is 3. The van der Waals surface area contributed by atoms with Gasteiger partial charge >= 0.3 is 0 Å². The molecular weight excluding hydrogens is 276 g/mol. The SMILES string of the molecule is Cc1cc(O)cc2c1C(=O)C(=Cc1ccccc1Cl)O2. The fraction of sp³-hybridized carbons (Fsp3) is 0.0625. The number of rotatable bonds is 1. The molecule has 0 aliphatic carbocycles. The zero-order valence-electron chi connectivity index (χ0n) is 10.7. The third kappa shape index (κ3) is 2.06. The van der Waals surface area contributed by atoms with Gasteiger partial charge in [0.1, 0.15) is 11.5 Å². The summed E-state index contributed by atoms with van der Waals surface area (Å²) in [5.74, 6) is 0.470. The van der Waals surface area contributed by atoms with Gasteiger partial charge in [0, 0.05) is 11.1 Å². The van der Waals surface area contributed by atoms with Crippen molar-refractivity contribution in [2.45, 2.75) is 6.92 Å². The van der Waals surface area contributed by atoms with Gasteiger partial charge in [0.05, 0.1) is 5.56 Å². The van der Waals surface area contributed by atoms with Gasteiger partial charge in [-0.1, -0.05) is 29.8 Å². The van der Waals surface area contributed by atoms with Crippen LogP contribution in [-0.2, 0) is 0 Å². The maximum atomic E-state index is 12.3. The molecule has 0 saturated carbocycles. The highest BCUT2D eigenvalue weighted by Crippen LogP contribution is 2.37. The van der Waals surface area contributed by atoms with Crippen LogP contribution in [0.3, 0.4) is 0 Å². The van der Waals surface area contributed by atoms with Gasteiger partial charge in [-0.25, -0.2) is 0 Å². The highest BCUT2D eigenvalue weighted by Gasteiger charge is 2.29. The molecule has 0 saturated heterocycles. The van der Waals surface area contributed by atoms with E-state index in [1.54, 1.807) is 31.2 Å². The van der Waals surface area contributed by atoms with Crippen LogP contribution in [-0.4, -0.2) is 10.9 Å². The molecular formula is C16H11ClO3. The van der Waals surface area contributed by atoms with Gasteiger partial charge in [-0.15, -0.1) is 0 Å². The summed E-state index contributed by atoms with van der Waals surface area (Å²) in [5.41, 5.74) is 1.89. The van der Waals surface area contributed by atoms with Crippen LogP contribution in [0.5, 0.6) is 11.5 Å². The number of ketones is 1. The average molecular weight is 287 g/mol. The Morgan fingerprint density at radius 3 is 2.75 bits per heavy atom. The molecule has 0 atom stereocenters. The molecule has 1 heterocycles. The number of aromatic hydroxyl groups is 1. The number of Topliss-reactive ketones (excluding diaryl/α,β-unsaturated/α-hetero) is 1. The predicted molar refractivity (Wildman–Crippen MR) is 77.2 cm³/mol. The van der Waals surface area contributed by atoms with Crippen molar-refractivity contribution in [3.8, 4) is 11.5 Å². The fourth-order valence-corrected chi connectivity index (χ4v) is 2.41. The molecule has 0 radical (unpaired) electrons. The van der Waals surface area contributed by atoms with E-state index in [4.69, 9.17) is 16.3 Å². The van der Waals surface area contributed by atoms with Crippen molar-refractivity contribution in [3.05, 3.63) is 63.9 Å². The minimum absolute atomic E-state index is 0.0769. The van der Waals surface area contributed by atoms with Crippen molar-refractivity contribution >= 4 is 23.5 Å². The number of carbonyl (C=O) groups is 1. The number of benzene rings is 2. The Morgan fingerprint density at radius 2 is 2.00 bits per heavy atom. The molecule has 0 amide bonds. The molecule has 2 aromatic rings. The maximum Gasteiger partial charge on any atom is 0.232 e. The van der Waals surface area contributed by atoms with Crippen molar-refractivity contribution in [1.82, 2.24) is 0 Å². The van der Waals surface area contributed by atoms with Crippen molar-refractivity contribution in [1.29, 1.82) is 0 Å². The van der Waals surface area contributed by atoms with Crippen LogP contribution in [0.15, 0.2) is 42.2 Å². The van der Waals surface area contributed by atoms with E-state index < -0.39 is 0 Å². The molecule has 100 valence electrons. The maximum absolute atomic E-state index is 12.3. The summed E-state index contributed by atoms with van der Waals surface area (Å²) in [6, 6.07) is 10.2.